The van der Waals surface area contributed by atoms with Gasteiger partial charge in [0.15, 0.2) is 0 Å². The number of aliphatic carboxylic acids is 1. The van der Waals surface area contributed by atoms with Gasteiger partial charge in [0, 0.05) is 21.8 Å². The maximum absolute atomic E-state index is 14.6. The van der Waals surface area contributed by atoms with Crippen LogP contribution < -0.4 is 5.14 Å². The zero-order chi connectivity index (χ0) is 23.2. The number of carbonyl (C=O) groups is 2. The lowest BCUT2D eigenvalue weighted by Crippen LogP contribution is -2.21. The Morgan fingerprint density at radius 1 is 1.09 bits per heavy atom. The fourth-order valence-electron chi connectivity index (χ4n) is 4.50. The lowest BCUT2D eigenvalue weighted by molar-refractivity contribution is -0.131. The molecule has 32 heavy (non-hydrogen) atoms. The second-order valence-electron chi connectivity index (χ2n) is 7.89. The number of sulfonamides is 1. The van der Waals surface area contributed by atoms with Gasteiger partial charge >= 0.3 is 5.97 Å². The van der Waals surface area contributed by atoms with Crippen molar-refractivity contribution in [2.45, 2.75) is 41.9 Å². The summed E-state index contributed by atoms with van der Waals surface area (Å²) in [5.41, 5.74) is 0.115. The van der Waals surface area contributed by atoms with Crippen molar-refractivity contribution in [3.63, 3.8) is 0 Å². The first-order valence-corrected chi connectivity index (χ1v) is 12.0. The molecule has 0 atom stereocenters. The molecule has 0 aliphatic heterocycles. The summed E-state index contributed by atoms with van der Waals surface area (Å²) in [5, 5.41) is 14.7. The molecule has 1 saturated carbocycles. The Bertz CT molecular complexity index is 1340. The van der Waals surface area contributed by atoms with Gasteiger partial charge in [0.05, 0.1) is 16.2 Å². The number of aromatic amines is 1. The number of hydrogen-bond acceptors (Lipinski definition) is 4. The molecular weight excluding hydrogens is 459 g/mol. The minimum Gasteiger partial charge on any atom is -0.475 e. The van der Waals surface area contributed by atoms with Crippen molar-refractivity contribution >= 4 is 44.3 Å². The van der Waals surface area contributed by atoms with Crippen LogP contribution in [0.3, 0.4) is 0 Å². The van der Waals surface area contributed by atoms with Gasteiger partial charge in [0.1, 0.15) is 5.82 Å². The third kappa shape index (κ3) is 3.92. The lowest BCUT2D eigenvalue weighted by Gasteiger charge is -2.27. The number of halogens is 2. The molecule has 4 N–H and O–H groups in total. The molecule has 10 heteroatoms. The van der Waals surface area contributed by atoms with Crippen molar-refractivity contribution in [2.24, 2.45) is 5.14 Å². The van der Waals surface area contributed by atoms with Crippen molar-refractivity contribution in [3.05, 3.63) is 53.3 Å². The molecule has 2 aromatic carbocycles. The van der Waals surface area contributed by atoms with Crippen LogP contribution in [0.25, 0.3) is 22.2 Å². The highest BCUT2D eigenvalue weighted by Gasteiger charge is 2.32. The third-order valence-corrected chi connectivity index (χ3v) is 7.35. The number of alkyl halides is 1. The van der Waals surface area contributed by atoms with Crippen molar-refractivity contribution in [1.82, 2.24) is 4.98 Å². The number of fused-ring (bicyclic) bond motifs is 1. The summed E-state index contributed by atoms with van der Waals surface area (Å²) in [4.78, 5) is 26.7. The van der Waals surface area contributed by atoms with E-state index in [0.29, 0.717) is 31.2 Å². The molecule has 1 aliphatic rings. The number of H-pyrrole nitrogens is 1. The third-order valence-electron chi connectivity index (χ3n) is 5.89. The normalized spacial score (nSPS) is 19.2. The SMILES string of the molecule is NS(=O)(=O)c1c(-c2[nH]c3cccc(F)c3c2C(=O)C(=O)O)cccc1C1CCC(Cl)CC1. The van der Waals surface area contributed by atoms with Crippen LogP contribution in [-0.4, -0.2) is 35.6 Å². The number of Topliss-reactive ketones (excluding diaryl/α,β-unsaturated/α-hetero) is 1. The van der Waals surface area contributed by atoms with Gasteiger partial charge in [-0.25, -0.2) is 22.7 Å². The quantitative estimate of drug-likeness (QED) is 0.288. The molecule has 1 aromatic heterocycles. The van der Waals surface area contributed by atoms with Crippen LogP contribution in [0.2, 0.25) is 0 Å². The zero-order valence-corrected chi connectivity index (χ0v) is 18.3. The van der Waals surface area contributed by atoms with Crippen molar-refractivity contribution in [1.29, 1.82) is 0 Å². The molecule has 3 aromatic rings. The molecule has 168 valence electrons. The largest absolute Gasteiger partial charge is 0.475 e. The van der Waals surface area contributed by atoms with Gasteiger partial charge in [0.2, 0.25) is 10.0 Å². The minimum absolute atomic E-state index is 0.0174. The van der Waals surface area contributed by atoms with E-state index in [1.54, 1.807) is 12.1 Å². The Hall–Kier alpha value is -2.75. The molecule has 0 spiro atoms. The first-order chi connectivity index (χ1) is 15.1. The summed E-state index contributed by atoms with van der Waals surface area (Å²) < 4.78 is 40.0. The Kier molecular flexibility index (Phi) is 5.83. The maximum atomic E-state index is 14.6. The molecule has 1 heterocycles. The highest BCUT2D eigenvalue weighted by atomic mass is 35.5. The first-order valence-electron chi connectivity index (χ1n) is 9.97. The van der Waals surface area contributed by atoms with Crippen molar-refractivity contribution < 1.29 is 27.5 Å². The van der Waals surface area contributed by atoms with E-state index < -0.39 is 33.2 Å². The number of carboxylic acids is 1. The number of ketones is 1. The number of nitrogens with one attached hydrogen (secondary N) is 1. The molecule has 0 unspecified atom stereocenters. The molecule has 0 radical (unpaired) electrons. The molecule has 4 rings (SSSR count). The Labute approximate surface area is 188 Å². The molecule has 1 fully saturated rings. The topological polar surface area (TPSA) is 130 Å². The lowest BCUT2D eigenvalue weighted by atomic mass is 9.83. The number of nitrogens with two attached hydrogens (primary N) is 1. The summed E-state index contributed by atoms with van der Waals surface area (Å²) in [6.45, 7) is 0. The average Bonchev–Trinajstić information content (AvgIpc) is 3.13. The van der Waals surface area contributed by atoms with E-state index in [2.05, 4.69) is 4.98 Å². The highest BCUT2D eigenvalue weighted by molar-refractivity contribution is 7.89. The number of aromatic nitrogens is 1. The number of carboxylic acid groups (broad SMARTS) is 1. The van der Waals surface area contributed by atoms with E-state index in [9.17, 15) is 27.5 Å². The van der Waals surface area contributed by atoms with E-state index in [4.69, 9.17) is 16.7 Å². The summed E-state index contributed by atoms with van der Waals surface area (Å²) in [5.74, 6) is -4.07. The summed E-state index contributed by atoms with van der Waals surface area (Å²) in [6.07, 6.45) is 2.73. The second-order valence-corrected chi connectivity index (χ2v) is 10.0. The van der Waals surface area contributed by atoms with Crippen LogP contribution in [0.5, 0.6) is 0 Å². The number of carbonyl (C=O) groups excluding carboxylic acids is 1. The van der Waals surface area contributed by atoms with E-state index >= 15 is 0 Å². The summed E-state index contributed by atoms with van der Waals surface area (Å²) >= 11 is 6.19. The zero-order valence-electron chi connectivity index (χ0n) is 16.8. The monoisotopic (exact) mass is 478 g/mol. The van der Waals surface area contributed by atoms with E-state index in [0.717, 1.165) is 6.07 Å². The first kappa shape index (κ1) is 22.4. The van der Waals surface area contributed by atoms with Crippen LogP contribution in [0.1, 0.15) is 47.5 Å². The molecular formula is C22H20ClFN2O5S. The summed E-state index contributed by atoms with van der Waals surface area (Å²) in [7, 11) is -4.29. The number of hydrogen-bond donors (Lipinski definition) is 3. The van der Waals surface area contributed by atoms with Gasteiger partial charge in [-0.1, -0.05) is 24.3 Å². The van der Waals surface area contributed by atoms with Crippen LogP contribution in [0.15, 0.2) is 41.3 Å². The van der Waals surface area contributed by atoms with E-state index in [1.807, 2.05) is 0 Å². The average molecular weight is 479 g/mol. The minimum atomic E-state index is -4.29. The smallest absolute Gasteiger partial charge is 0.377 e. The predicted octanol–water partition coefficient (Wildman–Crippen LogP) is 4.15. The Balaban J connectivity index is 2.04. The molecule has 0 amide bonds. The molecule has 1 aliphatic carbocycles. The van der Waals surface area contributed by atoms with Crippen LogP contribution in [-0.2, 0) is 14.8 Å². The fourth-order valence-corrected chi connectivity index (χ4v) is 5.79. The second kappa shape index (κ2) is 8.31. The number of benzene rings is 2. The van der Waals surface area contributed by atoms with E-state index in [1.165, 1.54) is 18.2 Å². The number of primary sulfonamides is 1. The van der Waals surface area contributed by atoms with Crippen LogP contribution in [0.4, 0.5) is 4.39 Å². The summed E-state index contributed by atoms with van der Waals surface area (Å²) in [6, 6.07) is 8.67. The maximum Gasteiger partial charge on any atom is 0.377 e. The van der Waals surface area contributed by atoms with Crippen LogP contribution in [0, 0.1) is 5.82 Å². The van der Waals surface area contributed by atoms with Crippen molar-refractivity contribution in [2.75, 3.05) is 0 Å². The van der Waals surface area contributed by atoms with Gasteiger partial charge in [-0.3, -0.25) is 4.79 Å². The Morgan fingerprint density at radius 2 is 1.75 bits per heavy atom. The van der Waals surface area contributed by atoms with Gasteiger partial charge in [-0.2, -0.15) is 0 Å². The van der Waals surface area contributed by atoms with Crippen molar-refractivity contribution in [3.8, 4) is 11.3 Å². The Morgan fingerprint density at radius 3 is 2.38 bits per heavy atom. The fraction of sp³-hybridized carbons (Fsp3) is 0.273. The predicted molar refractivity (Wildman–Crippen MR) is 118 cm³/mol. The molecule has 0 saturated heterocycles. The van der Waals surface area contributed by atoms with Gasteiger partial charge in [-0.05, 0) is 49.3 Å². The standard InChI is InChI=1S/C22H20ClFN2O5S/c23-12-9-7-11(8-10-12)13-3-1-4-14(21(13)32(25,30)31)19-18(20(27)22(28)29)17-15(24)5-2-6-16(17)26-19/h1-6,11-12,26H,7-10H2,(H,28,29)(H2,25,30,31). The van der Waals surface area contributed by atoms with Crippen LogP contribution >= 0.6 is 11.6 Å². The van der Waals surface area contributed by atoms with Gasteiger partial charge in [-0.15, -0.1) is 11.6 Å². The highest BCUT2D eigenvalue weighted by Crippen LogP contribution is 2.42. The molecule has 0 bridgehead atoms. The molecule has 7 nitrogen and oxygen atoms in total. The van der Waals surface area contributed by atoms with Gasteiger partial charge in [0.25, 0.3) is 5.78 Å². The van der Waals surface area contributed by atoms with Gasteiger partial charge < -0.3 is 10.1 Å². The number of rotatable bonds is 5. The van der Waals surface area contributed by atoms with E-state index in [-0.39, 0.29) is 38.4 Å².